The quantitative estimate of drug-likeness (QED) is 0.653. The van der Waals surface area contributed by atoms with Gasteiger partial charge in [-0.1, -0.05) is 36.4 Å². The van der Waals surface area contributed by atoms with Crippen molar-refractivity contribution in [3.8, 4) is 11.1 Å². The predicted octanol–water partition coefficient (Wildman–Crippen LogP) is 3.24. The van der Waals surface area contributed by atoms with E-state index in [4.69, 9.17) is 5.73 Å². The molecule has 0 amide bonds. The van der Waals surface area contributed by atoms with Gasteiger partial charge in [-0.15, -0.1) is 0 Å². The van der Waals surface area contributed by atoms with Crippen LogP contribution in [0.25, 0.3) is 11.1 Å². The van der Waals surface area contributed by atoms with Gasteiger partial charge in [0.25, 0.3) is 0 Å². The molecular formula is C18H22N2O. The van der Waals surface area contributed by atoms with Gasteiger partial charge in [-0.05, 0) is 56.2 Å². The summed E-state index contributed by atoms with van der Waals surface area (Å²) in [5, 5.41) is 0. The standard InChI is InChI=1S/C18H22N2O/c1-20(2)12-6-10-17-16(9-5-11-18(17)19)15-8-4-3-7-14(15)13-21/h3-5,7-9,11,13H,6,10,12,19H2,1-2H3. The van der Waals surface area contributed by atoms with Crippen LogP contribution in [0.3, 0.4) is 0 Å². The van der Waals surface area contributed by atoms with E-state index >= 15 is 0 Å². The number of carbonyl (C=O) groups is 1. The second-order valence-electron chi connectivity index (χ2n) is 5.49. The van der Waals surface area contributed by atoms with Gasteiger partial charge in [-0.3, -0.25) is 4.79 Å². The fraction of sp³-hybridized carbons (Fsp3) is 0.278. The number of nitrogens with zero attached hydrogens (tertiary/aromatic N) is 1. The van der Waals surface area contributed by atoms with Crippen LogP contribution in [0.2, 0.25) is 0 Å². The minimum Gasteiger partial charge on any atom is -0.398 e. The van der Waals surface area contributed by atoms with Gasteiger partial charge < -0.3 is 10.6 Å². The lowest BCUT2D eigenvalue weighted by atomic mass is 9.92. The van der Waals surface area contributed by atoms with Crippen LogP contribution < -0.4 is 5.73 Å². The summed E-state index contributed by atoms with van der Waals surface area (Å²) >= 11 is 0. The molecule has 2 aromatic rings. The Labute approximate surface area is 126 Å². The summed E-state index contributed by atoms with van der Waals surface area (Å²) in [6.45, 7) is 1.02. The number of aldehydes is 1. The zero-order chi connectivity index (χ0) is 15.2. The van der Waals surface area contributed by atoms with E-state index < -0.39 is 0 Å². The second kappa shape index (κ2) is 7.04. The van der Waals surface area contributed by atoms with E-state index in [0.717, 1.165) is 48.1 Å². The Morgan fingerprint density at radius 1 is 1.05 bits per heavy atom. The fourth-order valence-electron chi connectivity index (χ4n) is 2.55. The van der Waals surface area contributed by atoms with E-state index in [-0.39, 0.29) is 0 Å². The SMILES string of the molecule is CN(C)CCCc1c(N)cccc1-c1ccccc1C=O. The Bertz CT molecular complexity index is 620. The van der Waals surface area contributed by atoms with Crippen LogP contribution in [0.5, 0.6) is 0 Å². The van der Waals surface area contributed by atoms with Crippen molar-refractivity contribution in [2.45, 2.75) is 12.8 Å². The Balaban J connectivity index is 2.39. The van der Waals surface area contributed by atoms with E-state index in [1.54, 1.807) is 0 Å². The highest BCUT2D eigenvalue weighted by molar-refractivity contribution is 5.89. The second-order valence-corrected chi connectivity index (χ2v) is 5.49. The lowest BCUT2D eigenvalue weighted by molar-refractivity contribution is 0.112. The summed E-state index contributed by atoms with van der Waals surface area (Å²) in [6.07, 6.45) is 2.85. The first-order chi connectivity index (χ1) is 10.1. The Kier molecular flexibility index (Phi) is 5.12. The van der Waals surface area contributed by atoms with Crippen molar-refractivity contribution in [2.75, 3.05) is 26.4 Å². The maximum atomic E-state index is 11.3. The zero-order valence-electron chi connectivity index (χ0n) is 12.7. The van der Waals surface area contributed by atoms with E-state index in [9.17, 15) is 4.79 Å². The molecule has 0 bridgehead atoms. The first-order valence-corrected chi connectivity index (χ1v) is 7.20. The topological polar surface area (TPSA) is 46.3 Å². The van der Waals surface area contributed by atoms with Crippen LogP contribution in [0.15, 0.2) is 42.5 Å². The molecule has 0 aliphatic heterocycles. The van der Waals surface area contributed by atoms with Gasteiger partial charge in [-0.2, -0.15) is 0 Å². The summed E-state index contributed by atoms with van der Waals surface area (Å²) in [5.41, 5.74) is 10.8. The minimum atomic E-state index is 0.706. The van der Waals surface area contributed by atoms with Crippen molar-refractivity contribution in [3.05, 3.63) is 53.6 Å². The summed E-state index contributed by atoms with van der Waals surface area (Å²) in [6, 6.07) is 13.6. The maximum Gasteiger partial charge on any atom is 0.150 e. The average Bonchev–Trinajstić information content (AvgIpc) is 2.48. The number of rotatable bonds is 6. The van der Waals surface area contributed by atoms with Crippen molar-refractivity contribution in [1.82, 2.24) is 4.90 Å². The molecule has 2 aromatic carbocycles. The van der Waals surface area contributed by atoms with Gasteiger partial charge in [0, 0.05) is 11.3 Å². The smallest absolute Gasteiger partial charge is 0.150 e. The normalized spacial score (nSPS) is 10.8. The van der Waals surface area contributed by atoms with Gasteiger partial charge in [0.1, 0.15) is 0 Å². The van der Waals surface area contributed by atoms with Crippen LogP contribution >= 0.6 is 0 Å². The number of hydrogen-bond donors (Lipinski definition) is 1. The highest BCUT2D eigenvalue weighted by Gasteiger charge is 2.11. The summed E-state index contributed by atoms with van der Waals surface area (Å²) in [5.74, 6) is 0. The molecule has 0 aliphatic carbocycles. The third kappa shape index (κ3) is 3.70. The molecule has 0 aromatic heterocycles. The third-order valence-electron chi connectivity index (χ3n) is 3.62. The van der Waals surface area contributed by atoms with Gasteiger partial charge in [0.2, 0.25) is 0 Å². The molecule has 0 radical (unpaired) electrons. The summed E-state index contributed by atoms with van der Waals surface area (Å²) in [7, 11) is 4.13. The summed E-state index contributed by atoms with van der Waals surface area (Å²) < 4.78 is 0. The molecule has 3 nitrogen and oxygen atoms in total. The van der Waals surface area contributed by atoms with Crippen LogP contribution in [-0.4, -0.2) is 31.8 Å². The molecule has 2 rings (SSSR count). The van der Waals surface area contributed by atoms with Crippen molar-refractivity contribution < 1.29 is 4.79 Å². The molecule has 2 N–H and O–H groups in total. The lowest BCUT2D eigenvalue weighted by Crippen LogP contribution is -2.14. The highest BCUT2D eigenvalue weighted by Crippen LogP contribution is 2.30. The molecule has 0 saturated carbocycles. The van der Waals surface area contributed by atoms with Crippen molar-refractivity contribution in [1.29, 1.82) is 0 Å². The van der Waals surface area contributed by atoms with Crippen molar-refractivity contribution >= 4 is 12.0 Å². The lowest BCUT2D eigenvalue weighted by Gasteiger charge is -2.15. The van der Waals surface area contributed by atoms with E-state index in [1.807, 2.05) is 42.5 Å². The van der Waals surface area contributed by atoms with Crippen molar-refractivity contribution in [2.24, 2.45) is 0 Å². The molecule has 0 spiro atoms. The van der Waals surface area contributed by atoms with Gasteiger partial charge in [0.05, 0.1) is 0 Å². The first-order valence-electron chi connectivity index (χ1n) is 7.20. The molecule has 0 heterocycles. The Morgan fingerprint density at radius 3 is 2.48 bits per heavy atom. The van der Waals surface area contributed by atoms with E-state index in [2.05, 4.69) is 19.0 Å². The monoisotopic (exact) mass is 282 g/mol. The van der Waals surface area contributed by atoms with E-state index in [1.165, 1.54) is 0 Å². The Hall–Kier alpha value is -2.13. The van der Waals surface area contributed by atoms with Crippen LogP contribution in [0, 0.1) is 0 Å². The van der Waals surface area contributed by atoms with Crippen LogP contribution in [0.4, 0.5) is 5.69 Å². The molecule has 3 heteroatoms. The summed E-state index contributed by atoms with van der Waals surface area (Å²) in [4.78, 5) is 13.4. The molecule has 0 unspecified atom stereocenters. The number of nitrogens with two attached hydrogens (primary N) is 1. The molecule has 110 valence electrons. The zero-order valence-corrected chi connectivity index (χ0v) is 12.7. The number of nitrogen functional groups attached to an aromatic ring is 1. The molecule has 0 fully saturated rings. The molecule has 0 atom stereocenters. The molecule has 21 heavy (non-hydrogen) atoms. The molecule has 0 saturated heterocycles. The predicted molar refractivity (Wildman–Crippen MR) is 88.6 cm³/mol. The fourth-order valence-corrected chi connectivity index (χ4v) is 2.55. The van der Waals surface area contributed by atoms with Crippen molar-refractivity contribution in [3.63, 3.8) is 0 Å². The molecule has 0 aliphatic rings. The maximum absolute atomic E-state index is 11.3. The van der Waals surface area contributed by atoms with Crippen LogP contribution in [-0.2, 0) is 6.42 Å². The van der Waals surface area contributed by atoms with Gasteiger partial charge in [-0.25, -0.2) is 0 Å². The average molecular weight is 282 g/mol. The Morgan fingerprint density at radius 2 is 1.76 bits per heavy atom. The van der Waals surface area contributed by atoms with Crippen LogP contribution in [0.1, 0.15) is 22.3 Å². The van der Waals surface area contributed by atoms with E-state index in [0.29, 0.717) is 5.56 Å². The number of benzene rings is 2. The number of hydrogen-bond acceptors (Lipinski definition) is 3. The molecular weight excluding hydrogens is 260 g/mol. The van der Waals surface area contributed by atoms with Gasteiger partial charge >= 0.3 is 0 Å². The third-order valence-corrected chi connectivity index (χ3v) is 3.62. The highest BCUT2D eigenvalue weighted by atomic mass is 16.1. The largest absolute Gasteiger partial charge is 0.398 e. The minimum absolute atomic E-state index is 0.706. The van der Waals surface area contributed by atoms with Gasteiger partial charge in [0.15, 0.2) is 6.29 Å². The number of anilines is 1. The number of carbonyl (C=O) groups excluding carboxylic acids is 1. The first kappa shape index (κ1) is 15.3.